The van der Waals surface area contributed by atoms with E-state index in [0.717, 1.165) is 18.6 Å². The molecule has 1 rings (SSSR count). The lowest BCUT2D eigenvalue weighted by Crippen LogP contribution is -2.37. The fourth-order valence-corrected chi connectivity index (χ4v) is 2.29. The van der Waals surface area contributed by atoms with Gasteiger partial charge < -0.3 is 0 Å². The van der Waals surface area contributed by atoms with Crippen molar-refractivity contribution in [3.8, 4) is 0 Å². The number of rotatable bonds is 6. The zero-order valence-electron chi connectivity index (χ0n) is 8.87. The van der Waals surface area contributed by atoms with Crippen molar-refractivity contribution in [2.45, 2.75) is 18.9 Å². The molecule has 0 amide bonds. The molecule has 0 bridgehead atoms. The van der Waals surface area contributed by atoms with Gasteiger partial charge in [0, 0.05) is 9.61 Å². The van der Waals surface area contributed by atoms with Gasteiger partial charge in [0.05, 0.1) is 0 Å². The third-order valence-electron chi connectivity index (χ3n) is 2.30. The molecule has 1 atom stereocenters. The first-order valence-electron chi connectivity index (χ1n) is 4.95. The van der Waals surface area contributed by atoms with Gasteiger partial charge in [0.1, 0.15) is 0 Å². The van der Waals surface area contributed by atoms with Gasteiger partial charge in [-0.05, 0) is 65.1 Å². The quantitative estimate of drug-likeness (QED) is 0.476. The minimum atomic E-state index is 0.387. The monoisotopic (exact) mass is 336 g/mol. The van der Waals surface area contributed by atoms with Gasteiger partial charge >= 0.3 is 0 Å². The SMILES string of the molecule is CSCCC(Cc1ccc(I)cc1)NN. The maximum Gasteiger partial charge on any atom is 0.0258 e. The summed E-state index contributed by atoms with van der Waals surface area (Å²) in [6, 6.07) is 9.00. The van der Waals surface area contributed by atoms with Crippen LogP contribution in [0.5, 0.6) is 0 Å². The van der Waals surface area contributed by atoms with Gasteiger partial charge in [-0.15, -0.1) is 0 Å². The molecule has 3 N–H and O–H groups in total. The highest BCUT2D eigenvalue weighted by Gasteiger charge is 2.06. The third-order valence-corrected chi connectivity index (χ3v) is 3.66. The van der Waals surface area contributed by atoms with Crippen molar-refractivity contribution < 1.29 is 0 Å². The normalized spacial score (nSPS) is 12.7. The van der Waals surface area contributed by atoms with Gasteiger partial charge in [-0.25, -0.2) is 0 Å². The molecule has 1 aromatic carbocycles. The molecule has 0 aliphatic carbocycles. The van der Waals surface area contributed by atoms with Crippen molar-refractivity contribution in [2.75, 3.05) is 12.0 Å². The van der Waals surface area contributed by atoms with Gasteiger partial charge in [-0.1, -0.05) is 12.1 Å². The minimum Gasteiger partial charge on any atom is -0.271 e. The summed E-state index contributed by atoms with van der Waals surface area (Å²) in [5.41, 5.74) is 4.23. The molecule has 0 fully saturated rings. The first-order chi connectivity index (χ1) is 7.26. The van der Waals surface area contributed by atoms with Crippen molar-refractivity contribution in [3.63, 3.8) is 0 Å². The number of halogens is 1. The highest BCUT2D eigenvalue weighted by molar-refractivity contribution is 14.1. The average Bonchev–Trinajstić information content (AvgIpc) is 2.27. The molecule has 0 aliphatic heterocycles. The minimum absolute atomic E-state index is 0.387. The Morgan fingerprint density at radius 3 is 2.60 bits per heavy atom. The Morgan fingerprint density at radius 2 is 2.07 bits per heavy atom. The van der Waals surface area contributed by atoms with E-state index in [9.17, 15) is 0 Å². The van der Waals surface area contributed by atoms with Crippen LogP contribution in [0, 0.1) is 3.57 Å². The second kappa shape index (κ2) is 7.49. The summed E-state index contributed by atoms with van der Waals surface area (Å²) in [6.07, 6.45) is 4.25. The first kappa shape index (κ1) is 13.3. The summed E-state index contributed by atoms with van der Waals surface area (Å²) in [4.78, 5) is 0. The van der Waals surface area contributed by atoms with E-state index < -0.39 is 0 Å². The number of nitrogens with one attached hydrogen (secondary N) is 1. The Morgan fingerprint density at radius 1 is 1.40 bits per heavy atom. The highest BCUT2D eigenvalue weighted by atomic mass is 127. The largest absolute Gasteiger partial charge is 0.271 e. The van der Waals surface area contributed by atoms with Crippen LogP contribution in [0.15, 0.2) is 24.3 Å². The van der Waals surface area contributed by atoms with Crippen LogP contribution in [0.25, 0.3) is 0 Å². The van der Waals surface area contributed by atoms with Crippen molar-refractivity contribution in [1.82, 2.24) is 5.43 Å². The summed E-state index contributed by atoms with van der Waals surface area (Å²) in [5.74, 6) is 6.68. The Kier molecular flexibility index (Phi) is 6.63. The van der Waals surface area contributed by atoms with Crippen LogP contribution >= 0.6 is 34.4 Å². The summed E-state index contributed by atoms with van der Waals surface area (Å²) < 4.78 is 1.28. The molecule has 0 spiro atoms. The molecule has 0 saturated heterocycles. The Labute approximate surface area is 110 Å². The van der Waals surface area contributed by atoms with Crippen LogP contribution in [0.4, 0.5) is 0 Å². The zero-order valence-corrected chi connectivity index (χ0v) is 11.8. The fourth-order valence-electron chi connectivity index (χ4n) is 1.41. The van der Waals surface area contributed by atoms with Crippen LogP contribution < -0.4 is 11.3 Å². The molecular weight excluding hydrogens is 319 g/mol. The predicted molar refractivity (Wildman–Crippen MR) is 77.0 cm³/mol. The summed E-state index contributed by atoms with van der Waals surface area (Å²) >= 11 is 4.18. The number of hydrogen-bond donors (Lipinski definition) is 2. The van der Waals surface area contributed by atoms with Crippen LogP contribution in [0.1, 0.15) is 12.0 Å². The van der Waals surface area contributed by atoms with E-state index in [-0.39, 0.29) is 0 Å². The average molecular weight is 336 g/mol. The van der Waals surface area contributed by atoms with Crippen molar-refractivity contribution in [2.24, 2.45) is 5.84 Å². The number of benzene rings is 1. The van der Waals surface area contributed by atoms with Crippen molar-refractivity contribution in [1.29, 1.82) is 0 Å². The maximum absolute atomic E-state index is 5.53. The maximum atomic E-state index is 5.53. The molecule has 2 nitrogen and oxygen atoms in total. The molecule has 1 aromatic rings. The second-order valence-electron chi connectivity index (χ2n) is 3.48. The summed E-state index contributed by atoms with van der Waals surface area (Å²) in [5, 5.41) is 0. The number of nitrogens with two attached hydrogens (primary N) is 1. The molecule has 0 radical (unpaired) electrons. The van der Waals surface area contributed by atoms with Crippen molar-refractivity contribution in [3.05, 3.63) is 33.4 Å². The lowest BCUT2D eigenvalue weighted by molar-refractivity contribution is 0.514. The van der Waals surface area contributed by atoms with E-state index in [1.807, 2.05) is 11.8 Å². The van der Waals surface area contributed by atoms with E-state index in [2.05, 4.69) is 58.5 Å². The number of hydrazine groups is 1. The highest BCUT2D eigenvalue weighted by Crippen LogP contribution is 2.11. The lowest BCUT2D eigenvalue weighted by atomic mass is 10.0. The second-order valence-corrected chi connectivity index (χ2v) is 5.71. The van der Waals surface area contributed by atoms with Crippen LogP contribution in [0.2, 0.25) is 0 Å². The molecule has 4 heteroatoms. The van der Waals surface area contributed by atoms with Gasteiger partial charge in [0.25, 0.3) is 0 Å². The van der Waals surface area contributed by atoms with Crippen LogP contribution in [0.3, 0.4) is 0 Å². The molecule has 15 heavy (non-hydrogen) atoms. The number of hydrogen-bond acceptors (Lipinski definition) is 3. The smallest absolute Gasteiger partial charge is 0.0258 e. The Bertz CT molecular complexity index is 276. The van der Waals surface area contributed by atoms with Gasteiger partial charge in [-0.3, -0.25) is 11.3 Å². The molecule has 0 heterocycles. The van der Waals surface area contributed by atoms with E-state index in [1.54, 1.807) is 0 Å². The zero-order chi connectivity index (χ0) is 11.1. The van der Waals surface area contributed by atoms with Gasteiger partial charge in [-0.2, -0.15) is 11.8 Å². The standard InChI is InChI=1S/C11H17IN2S/c1-15-7-6-11(14-13)8-9-2-4-10(12)5-3-9/h2-5,11,14H,6-8,13H2,1H3. The molecule has 84 valence electrons. The topological polar surface area (TPSA) is 38.0 Å². The number of thioether (sulfide) groups is 1. The Balaban J connectivity index is 2.47. The predicted octanol–water partition coefficient (Wildman–Crippen LogP) is 2.42. The van der Waals surface area contributed by atoms with E-state index in [1.165, 1.54) is 9.13 Å². The molecule has 0 saturated carbocycles. The molecular formula is C11H17IN2S. The molecule has 1 unspecified atom stereocenters. The molecule has 0 aromatic heterocycles. The summed E-state index contributed by atoms with van der Waals surface area (Å²) in [6.45, 7) is 0. The molecule has 0 aliphatic rings. The van der Waals surface area contributed by atoms with Crippen LogP contribution in [-0.4, -0.2) is 18.1 Å². The van der Waals surface area contributed by atoms with E-state index in [0.29, 0.717) is 6.04 Å². The van der Waals surface area contributed by atoms with Gasteiger partial charge in [0.15, 0.2) is 0 Å². The first-order valence-corrected chi connectivity index (χ1v) is 7.43. The van der Waals surface area contributed by atoms with Crippen LogP contribution in [-0.2, 0) is 6.42 Å². The van der Waals surface area contributed by atoms with E-state index in [4.69, 9.17) is 5.84 Å². The fraction of sp³-hybridized carbons (Fsp3) is 0.455. The van der Waals surface area contributed by atoms with E-state index >= 15 is 0 Å². The van der Waals surface area contributed by atoms with Crippen molar-refractivity contribution >= 4 is 34.4 Å². The van der Waals surface area contributed by atoms with Gasteiger partial charge in [0.2, 0.25) is 0 Å². The summed E-state index contributed by atoms with van der Waals surface area (Å²) in [7, 11) is 0. The Hall–Kier alpha value is 0.220. The third kappa shape index (κ3) is 5.19. The lowest BCUT2D eigenvalue weighted by Gasteiger charge is -2.15.